The lowest BCUT2D eigenvalue weighted by Gasteiger charge is -2.21. The highest BCUT2D eigenvalue weighted by Crippen LogP contribution is 2.29. The Morgan fingerprint density at radius 2 is 1.74 bits per heavy atom. The number of hydrogen-bond donors (Lipinski definition) is 1. The molecule has 0 saturated heterocycles. The van der Waals surface area contributed by atoms with Crippen molar-refractivity contribution >= 4 is 27.6 Å². The van der Waals surface area contributed by atoms with Crippen LogP contribution < -0.4 is 4.72 Å². The van der Waals surface area contributed by atoms with Gasteiger partial charge in [-0.05, 0) is 50.5 Å². The minimum Gasteiger partial charge on any atom is -0.466 e. The normalized spacial score (nSPS) is 12.6. The molecule has 0 aliphatic rings. The molecule has 0 saturated carbocycles. The maximum Gasteiger partial charge on any atom is 0.307 e. The van der Waals surface area contributed by atoms with E-state index >= 15 is 0 Å². The average Bonchev–Trinajstić information content (AvgIpc) is 2.53. The number of benzene rings is 2. The van der Waals surface area contributed by atoms with Gasteiger partial charge in [-0.25, -0.2) is 13.1 Å². The van der Waals surface area contributed by atoms with Gasteiger partial charge in [0.25, 0.3) is 0 Å². The highest BCUT2D eigenvalue weighted by Gasteiger charge is 2.28. The molecular formula is C20H24ClNO4S. The van der Waals surface area contributed by atoms with Crippen LogP contribution in [0.4, 0.5) is 0 Å². The van der Waals surface area contributed by atoms with Crippen LogP contribution in [0.3, 0.4) is 0 Å². The third kappa shape index (κ3) is 5.31. The number of nitrogens with one attached hydrogen (secondary N) is 1. The number of carbonyl (C=O) groups is 1. The lowest BCUT2D eigenvalue weighted by molar-refractivity contribution is -0.143. The van der Waals surface area contributed by atoms with Gasteiger partial charge in [-0.15, -0.1) is 0 Å². The van der Waals surface area contributed by atoms with Crippen molar-refractivity contribution in [2.24, 2.45) is 0 Å². The molecule has 7 heteroatoms. The molecule has 0 aliphatic heterocycles. The summed E-state index contributed by atoms with van der Waals surface area (Å²) in [6.45, 7) is 7.34. The lowest BCUT2D eigenvalue weighted by Crippen LogP contribution is -2.32. The zero-order valence-electron chi connectivity index (χ0n) is 15.9. The summed E-state index contributed by atoms with van der Waals surface area (Å²) < 4.78 is 33.9. The van der Waals surface area contributed by atoms with Crippen LogP contribution in [0, 0.1) is 20.8 Å². The Kier molecular flexibility index (Phi) is 7.03. The van der Waals surface area contributed by atoms with Crippen LogP contribution in [0.2, 0.25) is 5.02 Å². The maximum absolute atomic E-state index is 13.1. The summed E-state index contributed by atoms with van der Waals surface area (Å²) in [5.74, 6) is -0.498. The molecule has 1 atom stereocenters. The first-order valence-electron chi connectivity index (χ1n) is 8.66. The molecule has 146 valence electrons. The van der Waals surface area contributed by atoms with Crippen molar-refractivity contribution in [1.82, 2.24) is 4.72 Å². The number of esters is 1. The minimum absolute atomic E-state index is 0.152. The van der Waals surface area contributed by atoms with Gasteiger partial charge in [-0.1, -0.05) is 47.5 Å². The first-order chi connectivity index (χ1) is 12.7. The molecule has 1 N–H and O–H groups in total. The van der Waals surface area contributed by atoms with Crippen molar-refractivity contribution in [2.45, 2.75) is 45.1 Å². The van der Waals surface area contributed by atoms with Gasteiger partial charge in [0, 0.05) is 5.02 Å². The minimum atomic E-state index is -3.88. The van der Waals surface area contributed by atoms with Crippen LogP contribution >= 0.6 is 11.6 Å². The fourth-order valence-corrected chi connectivity index (χ4v) is 5.13. The second-order valence-corrected chi connectivity index (χ2v) is 8.49. The van der Waals surface area contributed by atoms with Crippen molar-refractivity contribution < 1.29 is 17.9 Å². The van der Waals surface area contributed by atoms with E-state index in [4.69, 9.17) is 16.3 Å². The number of rotatable bonds is 7. The Hall–Kier alpha value is -1.89. The Bertz CT molecular complexity index is 918. The summed E-state index contributed by atoms with van der Waals surface area (Å²) in [7, 11) is -3.88. The quantitative estimate of drug-likeness (QED) is 0.694. The second kappa shape index (κ2) is 8.87. The number of sulfonamides is 1. The summed E-state index contributed by atoms with van der Waals surface area (Å²) >= 11 is 6.25. The van der Waals surface area contributed by atoms with Crippen LogP contribution in [-0.4, -0.2) is 21.0 Å². The van der Waals surface area contributed by atoms with Gasteiger partial charge in [-0.2, -0.15) is 0 Å². The topological polar surface area (TPSA) is 72.5 Å². The van der Waals surface area contributed by atoms with E-state index in [0.717, 1.165) is 5.56 Å². The second-order valence-electron chi connectivity index (χ2n) is 6.43. The molecule has 5 nitrogen and oxygen atoms in total. The Labute approximate surface area is 165 Å². The third-order valence-electron chi connectivity index (χ3n) is 4.13. The number of aryl methyl sites for hydroxylation is 3. The lowest BCUT2D eigenvalue weighted by atomic mass is 10.1. The predicted molar refractivity (Wildman–Crippen MR) is 106 cm³/mol. The fourth-order valence-electron chi connectivity index (χ4n) is 3.20. The Morgan fingerprint density at radius 1 is 1.15 bits per heavy atom. The first kappa shape index (κ1) is 21.4. The molecule has 0 spiro atoms. The number of ether oxygens (including phenoxy) is 1. The smallest absolute Gasteiger partial charge is 0.307 e. The van der Waals surface area contributed by atoms with Crippen molar-refractivity contribution in [3.63, 3.8) is 0 Å². The molecule has 0 fully saturated rings. The molecule has 2 aromatic carbocycles. The molecule has 0 aromatic heterocycles. The number of halogens is 1. The Balaban J connectivity index is 2.45. The summed E-state index contributed by atoms with van der Waals surface area (Å²) in [5.41, 5.74) is 2.81. The highest BCUT2D eigenvalue weighted by molar-refractivity contribution is 7.89. The molecule has 2 aromatic rings. The van der Waals surface area contributed by atoms with Crippen LogP contribution in [0.5, 0.6) is 0 Å². The predicted octanol–water partition coefficient (Wildman–Crippen LogP) is 4.24. The van der Waals surface area contributed by atoms with Gasteiger partial charge in [0.1, 0.15) is 0 Å². The van der Waals surface area contributed by atoms with E-state index in [-0.39, 0.29) is 17.9 Å². The third-order valence-corrected chi connectivity index (χ3v) is 6.25. The summed E-state index contributed by atoms with van der Waals surface area (Å²) in [6.07, 6.45) is -0.152. The number of hydrogen-bond acceptors (Lipinski definition) is 4. The standard InChI is InChI=1S/C20H24ClNO4S/c1-5-26-19(23)12-18(16-8-6-7-9-17(16)21)22-27(24,25)20-14(3)10-13(2)11-15(20)4/h6-11,18,22H,5,12H2,1-4H3/t18-/m1/s1. The van der Waals surface area contributed by atoms with Crippen molar-refractivity contribution in [3.8, 4) is 0 Å². The molecule has 2 rings (SSSR count). The summed E-state index contributed by atoms with van der Waals surface area (Å²) in [6, 6.07) is 9.65. The molecule has 0 radical (unpaired) electrons. The van der Waals surface area contributed by atoms with E-state index in [1.165, 1.54) is 0 Å². The van der Waals surface area contributed by atoms with Gasteiger partial charge in [0.15, 0.2) is 0 Å². The summed E-state index contributed by atoms with van der Waals surface area (Å²) in [5, 5.41) is 0.381. The van der Waals surface area contributed by atoms with Crippen molar-refractivity contribution in [2.75, 3.05) is 6.61 Å². The van der Waals surface area contributed by atoms with E-state index < -0.39 is 22.0 Å². The number of carbonyl (C=O) groups excluding carboxylic acids is 1. The van der Waals surface area contributed by atoms with Gasteiger partial charge in [0.2, 0.25) is 10.0 Å². The molecule has 0 bridgehead atoms. The molecule has 0 unspecified atom stereocenters. The van der Waals surface area contributed by atoms with Crippen molar-refractivity contribution in [1.29, 1.82) is 0 Å². The van der Waals surface area contributed by atoms with Gasteiger partial charge >= 0.3 is 5.97 Å². The van der Waals surface area contributed by atoms with Crippen LogP contribution in [0.25, 0.3) is 0 Å². The van der Waals surface area contributed by atoms with Gasteiger partial charge < -0.3 is 4.74 Å². The molecule has 27 heavy (non-hydrogen) atoms. The monoisotopic (exact) mass is 409 g/mol. The van der Waals surface area contributed by atoms with Crippen LogP contribution in [0.15, 0.2) is 41.3 Å². The van der Waals surface area contributed by atoms with E-state index in [2.05, 4.69) is 4.72 Å². The van der Waals surface area contributed by atoms with Gasteiger partial charge in [-0.3, -0.25) is 4.79 Å². The zero-order valence-corrected chi connectivity index (χ0v) is 17.4. The average molecular weight is 410 g/mol. The zero-order chi connectivity index (χ0) is 20.2. The van der Waals surface area contributed by atoms with Gasteiger partial charge in [0.05, 0.1) is 24.0 Å². The molecule has 0 heterocycles. The molecular weight excluding hydrogens is 386 g/mol. The first-order valence-corrected chi connectivity index (χ1v) is 10.5. The van der Waals surface area contributed by atoms with E-state index in [0.29, 0.717) is 21.7 Å². The van der Waals surface area contributed by atoms with E-state index in [1.807, 2.05) is 19.1 Å². The fraction of sp³-hybridized carbons (Fsp3) is 0.350. The highest BCUT2D eigenvalue weighted by atomic mass is 35.5. The van der Waals surface area contributed by atoms with E-state index in [9.17, 15) is 13.2 Å². The van der Waals surface area contributed by atoms with Crippen LogP contribution in [-0.2, 0) is 19.6 Å². The SMILES string of the molecule is CCOC(=O)C[C@@H](NS(=O)(=O)c1c(C)cc(C)cc1C)c1ccccc1Cl. The Morgan fingerprint density at radius 3 is 2.30 bits per heavy atom. The van der Waals surface area contributed by atoms with Crippen LogP contribution in [0.1, 0.15) is 41.6 Å². The largest absolute Gasteiger partial charge is 0.466 e. The van der Waals surface area contributed by atoms with E-state index in [1.54, 1.807) is 45.0 Å². The summed E-state index contributed by atoms with van der Waals surface area (Å²) in [4.78, 5) is 12.3. The maximum atomic E-state index is 13.1. The van der Waals surface area contributed by atoms with Crippen molar-refractivity contribution in [3.05, 3.63) is 63.7 Å². The molecule has 0 amide bonds. The molecule has 0 aliphatic carbocycles.